The molecule has 1 aromatic heterocycles. The first-order valence-electron chi connectivity index (χ1n) is 11.1. The van der Waals surface area contributed by atoms with E-state index < -0.39 is 5.91 Å². The third-order valence-electron chi connectivity index (χ3n) is 5.36. The summed E-state index contributed by atoms with van der Waals surface area (Å²) in [5.41, 5.74) is 3.13. The van der Waals surface area contributed by atoms with Crippen LogP contribution in [0.4, 0.5) is 5.69 Å². The molecule has 0 spiro atoms. The van der Waals surface area contributed by atoms with Crippen LogP contribution in [0.3, 0.4) is 0 Å². The molecule has 0 atom stereocenters. The van der Waals surface area contributed by atoms with E-state index in [1.54, 1.807) is 47.1 Å². The molecule has 0 fully saturated rings. The fraction of sp³-hybridized carbons (Fsp3) is 0.0357. The van der Waals surface area contributed by atoms with Gasteiger partial charge in [0, 0.05) is 11.3 Å². The van der Waals surface area contributed by atoms with Crippen molar-refractivity contribution in [3.8, 4) is 28.6 Å². The number of amides is 1. The molecule has 0 unspecified atom stereocenters. The van der Waals surface area contributed by atoms with Gasteiger partial charge < -0.3 is 10.1 Å². The quantitative estimate of drug-likeness (QED) is 0.253. The molecule has 1 heterocycles. The number of aryl methyl sites for hydroxylation is 1. The first kappa shape index (κ1) is 23.6. The highest BCUT2D eigenvalue weighted by Gasteiger charge is 2.19. The smallest absolute Gasteiger partial charge is 0.295 e. The molecule has 1 amide bonds. The van der Waals surface area contributed by atoms with E-state index in [1.807, 2.05) is 61.5 Å². The van der Waals surface area contributed by atoms with Crippen molar-refractivity contribution in [1.82, 2.24) is 14.8 Å². The van der Waals surface area contributed by atoms with Crippen LogP contribution in [-0.2, 0) is 0 Å². The summed E-state index contributed by atoms with van der Waals surface area (Å²) in [7, 11) is 0. The molecule has 4 aromatic carbocycles. The van der Waals surface area contributed by atoms with Gasteiger partial charge >= 0.3 is 0 Å². The number of anilines is 1. The molecule has 36 heavy (non-hydrogen) atoms. The van der Waals surface area contributed by atoms with E-state index in [-0.39, 0.29) is 5.82 Å². The number of halogens is 2. The van der Waals surface area contributed by atoms with Crippen LogP contribution in [0, 0.1) is 6.92 Å². The Morgan fingerprint density at radius 3 is 2.22 bits per heavy atom. The number of rotatable bonds is 6. The van der Waals surface area contributed by atoms with Crippen molar-refractivity contribution in [2.24, 2.45) is 0 Å². The number of nitrogens with zero attached hydrogens (tertiary/aromatic N) is 3. The number of aromatic nitrogens is 3. The molecular weight excluding hydrogens is 495 g/mol. The molecule has 5 rings (SSSR count). The third kappa shape index (κ3) is 5.25. The number of hydrogen-bond donors (Lipinski definition) is 1. The maximum atomic E-state index is 13.1. The van der Waals surface area contributed by atoms with Gasteiger partial charge in [0.05, 0.1) is 15.7 Å². The van der Waals surface area contributed by atoms with Gasteiger partial charge in [-0.3, -0.25) is 4.79 Å². The average Bonchev–Trinajstić information content (AvgIpc) is 3.34. The largest absolute Gasteiger partial charge is 0.457 e. The Morgan fingerprint density at radius 1 is 0.833 bits per heavy atom. The van der Waals surface area contributed by atoms with Crippen LogP contribution in [0.5, 0.6) is 11.5 Å². The lowest BCUT2D eigenvalue weighted by Gasteiger charge is -2.07. The lowest BCUT2D eigenvalue weighted by atomic mass is 10.1. The highest BCUT2D eigenvalue weighted by molar-refractivity contribution is 6.42. The maximum Gasteiger partial charge on any atom is 0.295 e. The Morgan fingerprint density at radius 2 is 1.53 bits per heavy atom. The molecule has 0 radical (unpaired) electrons. The van der Waals surface area contributed by atoms with Crippen LogP contribution in [0.15, 0.2) is 97.1 Å². The molecule has 0 aliphatic rings. The molecule has 0 aliphatic carbocycles. The first-order valence-corrected chi connectivity index (χ1v) is 11.9. The Bertz CT molecular complexity index is 1520. The van der Waals surface area contributed by atoms with Crippen molar-refractivity contribution in [2.45, 2.75) is 6.92 Å². The van der Waals surface area contributed by atoms with E-state index in [0.29, 0.717) is 33.0 Å². The van der Waals surface area contributed by atoms with Crippen LogP contribution >= 0.6 is 23.2 Å². The van der Waals surface area contributed by atoms with Crippen LogP contribution in [0.25, 0.3) is 17.1 Å². The summed E-state index contributed by atoms with van der Waals surface area (Å²) in [6.45, 7) is 2.00. The summed E-state index contributed by atoms with van der Waals surface area (Å²) in [6, 6.07) is 29.5. The number of carbonyl (C=O) groups is 1. The predicted octanol–water partition coefficient (Wildman–Crippen LogP) is 7.59. The predicted molar refractivity (Wildman–Crippen MR) is 142 cm³/mol. The lowest BCUT2D eigenvalue weighted by molar-refractivity contribution is 0.101. The monoisotopic (exact) mass is 514 g/mol. The van der Waals surface area contributed by atoms with Crippen LogP contribution in [0.1, 0.15) is 16.2 Å². The Hall–Kier alpha value is -4.13. The number of benzene rings is 4. The van der Waals surface area contributed by atoms with Gasteiger partial charge in [-0.25, -0.2) is 9.67 Å². The molecule has 0 bridgehead atoms. The van der Waals surface area contributed by atoms with E-state index >= 15 is 0 Å². The number of ether oxygens (including phenoxy) is 1. The van der Waals surface area contributed by atoms with E-state index in [0.717, 1.165) is 16.9 Å². The number of nitrogens with one attached hydrogen (secondary N) is 1. The average molecular weight is 515 g/mol. The first-order chi connectivity index (χ1) is 17.5. The van der Waals surface area contributed by atoms with E-state index in [1.165, 1.54) is 0 Å². The second kappa shape index (κ2) is 10.2. The Kier molecular flexibility index (Phi) is 6.71. The fourth-order valence-corrected chi connectivity index (χ4v) is 3.80. The number of hydrogen-bond acceptors (Lipinski definition) is 4. The van der Waals surface area contributed by atoms with Crippen LogP contribution in [0.2, 0.25) is 10.0 Å². The van der Waals surface area contributed by atoms with E-state index in [4.69, 9.17) is 27.9 Å². The molecule has 6 nitrogen and oxygen atoms in total. The fourth-order valence-electron chi connectivity index (χ4n) is 3.51. The van der Waals surface area contributed by atoms with Crippen molar-refractivity contribution < 1.29 is 9.53 Å². The number of carbonyl (C=O) groups excluding carboxylic acids is 1. The van der Waals surface area contributed by atoms with Gasteiger partial charge in [0.1, 0.15) is 11.5 Å². The molecule has 1 N–H and O–H groups in total. The Balaban J connectivity index is 1.42. The lowest BCUT2D eigenvalue weighted by Crippen LogP contribution is -2.14. The minimum Gasteiger partial charge on any atom is -0.457 e. The zero-order valence-electron chi connectivity index (χ0n) is 19.2. The summed E-state index contributed by atoms with van der Waals surface area (Å²) >= 11 is 12.3. The summed E-state index contributed by atoms with van der Waals surface area (Å²) in [6.07, 6.45) is 0. The van der Waals surface area contributed by atoms with Crippen molar-refractivity contribution in [2.75, 3.05) is 5.32 Å². The van der Waals surface area contributed by atoms with Gasteiger partial charge in [0.2, 0.25) is 5.82 Å². The summed E-state index contributed by atoms with van der Waals surface area (Å²) in [5, 5.41) is 8.13. The number of para-hydroxylation sites is 1. The zero-order valence-corrected chi connectivity index (χ0v) is 20.7. The van der Waals surface area contributed by atoms with Crippen molar-refractivity contribution in [1.29, 1.82) is 0 Å². The standard InChI is InChI=1S/C28H20Cl2N4O2/c1-18-7-9-19(10-8-18)27-32-26(33-34(27)21-13-16-24(29)25(30)17-21)28(35)31-20-11-14-23(15-12-20)36-22-5-3-2-4-6-22/h2-17H,1H3,(H,31,35). The van der Waals surface area contributed by atoms with Gasteiger partial charge in [-0.15, -0.1) is 5.10 Å². The topological polar surface area (TPSA) is 69.0 Å². The normalized spacial score (nSPS) is 10.8. The maximum absolute atomic E-state index is 13.1. The zero-order chi connectivity index (χ0) is 25.1. The molecule has 5 aromatic rings. The highest BCUT2D eigenvalue weighted by Crippen LogP contribution is 2.28. The Labute approximate surface area is 218 Å². The second-order valence-corrected chi connectivity index (χ2v) is 8.84. The minimum absolute atomic E-state index is 0.0151. The van der Waals surface area contributed by atoms with Crippen molar-refractivity contribution in [3.63, 3.8) is 0 Å². The van der Waals surface area contributed by atoms with E-state index in [9.17, 15) is 4.79 Å². The van der Waals surface area contributed by atoms with Gasteiger partial charge in [0.25, 0.3) is 5.91 Å². The third-order valence-corrected chi connectivity index (χ3v) is 6.10. The molecule has 0 saturated carbocycles. The van der Waals surface area contributed by atoms with Gasteiger partial charge in [0.15, 0.2) is 5.82 Å². The van der Waals surface area contributed by atoms with Crippen molar-refractivity contribution in [3.05, 3.63) is 118 Å². The SMILES string of the molecule is Cc1ccc(-c2nc(C(=O)Nc3ccc(Oc4ccccc4)cc3)nn2-c2ccc(Cl)c(Cl)c2)cc1. The van der Waals surface area contributed by atoms with Crippen LogP contribution in [-0.4, -0.2) is 20.7 Å². The minimum atomic E-state index is -0.445. The van der Waals surface area contributed by atoms with Gasteiger partial charge in [-0.05, 0) is 61.5 Å². The van der Waals surface area contributed by atoms with Gasteiger partial charge in [-0.2, -0.15) is 0 Å². The summed E-state index contributed by atoms with van der Waals surface area (Å²) in [5.74, 6) is 1.46. The molecular formula is C28H20Cl2N4O2. The van der Waals surface area contributed by atoms with Gasteiger partial charge in [-0.1, -0.05) is 71.2 Å². The van der Waals surface area contributed by atoms with Crippen LogP contribution < -0.4 is 10.1 Å². The molecule has 8 heteroatoms. The summed E-state index contributed by atoms with van der Waals surface area (Å²) < 4.78 is 7.39. The summed E-state index contributed by atoms with van der Waals surface area (Å²) in [4.78, 5) is 17.6. The molecule has 178 valence electrons. The van der Waals surface area contributed by atoms with E-state index in [2.05, 4.69) is 15.4 Å². The van der Waals surface area contributed by atoms with Crippen molar-refractivity contribution >= 4 is 34.8 Å². The molecule has 0 aliphatic heterocycles. The highest BCUT2D eigenvalue weighted by atomic mass is 35.5. The molecule has 0 saturated heterocycles. The second-order valence-electron chi connectivity index (χ2n) is 8.03.